The standard InChI is InChI=1S/C14H16F3N3O2/c1-3-20-11(8-18-12(20)19-13(21)22-2)9-6-4-5-7-10(9)14(15,16)17/h4-7,11H,3,8H2,1-2H3,(H,18,19,21). The van der Waals surface area contributed by atoms with Crippen LogP contribution < -0.4 is 5.32 Å². The highest BCUT2D eigenvalue weighted by atomic mass is 19.4. The number of ether oxygens (including phenoxy) is 1. The van der Waals surface area contributed by atoms with Crippen LogP contribution in [0.4, 0.5) is 18.0 Å². The first kappa shape index (κ1) is 16.1. The number of guanidine groups is 1. The maximum atomic E-state index is 13.1. The van der Waals surface area contributed by atoms with Crippen LogP contribution in [0.5, 0.6) is 0 Å². The van der Waals surface area contributed by atoms with Crippen LogP contribution in [0.3, 0.4) is 0 Å². The van der Waals surface area contributed by atoms with E-state index in [4.69, 9.17) is 0 Å². The molecule has 1 heterocycles. The number of rotatable bonds is 2. The summed E-state index contributed by atoms with van der Waals surface area (Å²) in [6, 6.07) is 4.83. The number of amides is 1. The number of alkyl halides is 3. The number of nitrogens with zero attached hydrogens (tertiary/aromatic N) is 2. The highest BCUT2D eigenvalue weighted by Crippen LogP contribution is 2.37. The van der Waals surface area contributed by atoms with Crippen LogP contribution in [0.25, 0.3) is 0 Å². The zero-order chi connectivity index (χ0) is 16.3. The summed E-state index contributed by atoms with van der Waals surface area (Å²) in [6.45, 7) is 2.32. The van der Waals surface area contributed by atoms with E-state index >= 15 is 0 Å². The smallest absolute Gasteiger partial charge is 0.416 e. The number of likely N-dealkylation sites (N-methyl/N-ethyl adjacent to an activating group) is 1. The van der Waals surface area contributed by atoms with Gasteiger partial charge >= 0.3 is 12.3 Å². The van der Waals surface area contributed by atoms with Crippen LogP contribution >= 0.6 is 0 Å². The summed E-state index contributed by atoms with van der Waals surface area (Å²) in [7, 11) is 1.21. The summed E-state index contributed by atoms with van der Waals surface area (Å²) >= 11 is 0. The number of aliphatic imine (C=N–C) groups is 1. The van der Waals surface area contributed by atoms with Gasteiger partial charge in [-0.1, -0.05) is 18.2 Å². The highest BCUT2D eigenvalue weighted by molar-refractivity contribution is 5.95. The first-order chi connectivity index (χ1) is 10.4. The SMILES string of the molecule is CCN1C(NC(=O)OC)=NCC1c1ccccc1C(F)(F)F. The van der Waals surface area contributed by atoms with Crippen molar-refractivity contribution in [3.05, 3.63) is 35.4 Å². The third-order valence-corrected chi connectivity index (χ3v) is 3.43. The number of carbonyl (C=O) groups is 1. The van der Waals surface area contributed by atoms with E-state index < -0.39 is 23.9 Å². The van der Waals surface area contributed by atoms with Crippen molar-refractivity contribution in [3.63, 3.8) is 0 Å². The molecule has 0 bridgehead atoms. The third kappa shape index (κ3) is 3.15. The average molecular weight is 315 g/mol. The van der Waals surface area contributed by atoms with Crippen molar-refractivity contribution in [1.82, 2.24) is 10.2 Å². The Hall–Kier alpha value is -2.25. The molecule has 120 valence electrons. The van der Waals surface area contributed by atoms with Crippen molar-refractivity contribution in [2.75, 3.05) is 20.2 Å². The molecule has 0 saturated heterocycles. The fourth-order valence-corrected chi connectivity index (χ4v) is 2.45. The number of nitrogens with one attached hydrogen (secondary N) is 1. The Kier molecular flexibility index (Phi) is 4.58. The molecule has 2 rings (SSSR count). The molecule has 1 aromatic carbocycles. The van der Waals surface area contributed by atoms with E-state index in [9.17, 15) is 18.0 Å². The van der Waals surface area contributed by atoms with E-state index in [-0.39, 0.29) is 18.1 Å². The molecule has 0 radical (unpaired) electrons. The first-order valence-corrected chi connectivity index (χ1v) is 6.70. The first-order valence-electron chi connectivity index (χ1n) is 6.70. The zero-order valence-corrected chi connectivity index (χ0v) is 12.1. The van der Waals surface area contributed by atoms with Gasteiger partial charge < -0.3 is 9.64 Å². The molecule has 5 nitrogen and oxygen atoms in total. The van der Waals surface area contributed by atoms with Crippen LogP contribution in [-0.4, -0.2) is 37.2 Å². The molecule has 1 aliphatic rings. The maximum absolute atomic E-state index is 13.1. The van der Waals surface area contributed by atoms with Gasteiger partial charge in [0.15, 0.2) is 0 Å². The minimum Gasteiger partial charge on any atom is -0.453 e. The minimum absolute atomic E-state index is 0.139. The molecule has 22 heavy (non-hydrogen) atoms. The molecule has 1 N–H and O–H groups in total. The normalized spacial score (nSPS) is 18.1. The quantitative estimate of drug-likeness (QED) is 0.913. The number of hydrogen-bond acceptors (Lipinski definition) is 4. The van der Waals surface area contributed by atoms with Crippen LogP contribution in [-0.2, 0) is 10.9 Å². The average Bonchev–Trinajstić information content (AvgIpc) is 2.88. The predicted molar refractivity (Wildman–Crippen MR) is 74.4 cm³/mol. The largest absolute Gasteiger partial charge is 0.453 e. The van der Waals surface area contributed by atoms with Crippen molar-refractivity contribution in [1.29, 1.82) is 0 Å². The van der Waals surface area contributed by atoms with Crippen molar-refractivity contribution in [2.45, 2.75) is 19.1 Å². The predicted octanol–water partition coefficient (Wildman–Crippen LogP) is 2.79. The Morgan fingerprint density at radius 3 is 2.73 bits per heavy atom. The molecule has 0 saturated carbocycles. The van der Waals surface area contributed by atoms with E-state index in [1.165, 1.54) is 19.2 Å². The molecular formula is C14H16F3N3O2. The van der Waals surface area contributed by atoms with E-state index in [1.807, 2.05) is 0 Å². The molecule has 1 amide bonds. The van der Waals surface area contributed by atoms with Gasteiger partial charge in [-0.15, -0.1) is 0 Å². The van der Waals surface area contributed by atoms with Crippen molar-refractivity contribution < 1.29 is 22.7 Å². The number of hydrogen-bond donors (Lipinski definition) is 1. The van der Waals surface area contributed by atoms with Crippen LogP contribution in [0.15, 0.2) is 29.3 Å². The fourth-order valence-electron chi connectivity index (χ4n) is 2.45. The van der Waals surface area contributed by atoms with Crippen LogP contribution in [0, 0.1) is 0 Å². The minimum atomic E-state index is -4.44. The lowest BCUT2D eigenvalue weighted by Crippen LogP contribution is -2.42. The number of benzene rings is 1. The second-order valence-corrected chi connectivity index (χ2v) is 4.67. The Morgan fingerprint density at radius 2 is 2.14 bits per heavy atom. The van der Waals surface area contributed by atoms with Gasteiger partial charge in [-0.05, 0) is 18.6 Å². The topological polar surface area (TPSA) is 53.9 Å². The van der Waals surface area contributed by atoms with Gasteiger partial charge in [-0.2, -0.15) is 13.2 Å². The summed E-state index contributed by atoms with van der Waals surface area (Å²) in [5.41, 5.74) is -0.546. The Balaban J connectivity index is 2.30. The molecular weight excluding hydrogens is 299 g/mol. The summed E-state index contributed by atoms with van der Waals surface area (Å²) in [4.78, 5) is 17.0. The lowest BCUT2D eigenvalue weighted by Gasteiger charge is -2.28. The summed E-state index contributed by atoms with van der Waals surface area (Å²) in [6.07, 6.45) is -5.14. The number of halogens is 3. The van der Waals surface area contributed by atoms with Gasteiger partial charge in [0.1, 0.15) is 0 Å². The molecule has 1 atom stereocenters. The Morgan fingerprint density at radius 1 is 1.45 bits per heavy atom. The van der Waals surface area contributed by atoms with Gasteiger partial charge in [0.05, 0.1) is 25.3 Å². The fraction of sp³-hybridized carbons (Fsp3) is 0.429. The van der Waals surface area contributed by atoms with E-state index in [0.29, 0.717) is 6.54 Å². The van der Waals surface area contributed by atoms with E-state index in [0.717, 1.165) is 6.07 Å². The van der Waals surface area contributed by atoms with Crippen LogP contribution in [0.1, 0.15) is 24.1 Å². The lowest BCUT2D eigenvalue weighted by atomic mass is 9.99. The van der Waals surface area contributed by atoms with Gasteiger partial charge in [0, 0.05) is 6.54 Å². The lowest BCUT2D eigenvalue weighted by molar-refractivity contribution is -0.138. The van der Waals surface area contributed by atoms with Gasteiger partial charge in [-0.3, -0.25) is 10.3 Å². The van der Waals surface area contributed by atoms with Gasteiger partial charge in [0.2, 0.25) is 5.96 Å². The molecule has 0 spiro atoms. The monoisotopic (exact) mass is 315 g/mol. The molecule has 8 heteroatoms. The molecule has 0 aromatic heterocycles. The molecule has 1 aliphatic heterocycles. The molecule has 1 unspecified atom stereocenters. The second kappa shape index (κ2) is 6.25. The third-order valence-electron chi connectivity index (χ3n) is 3.43. The maximum Gasteiger partial charge on any atom is 0.416 e. The molecule has 0 aliphatic carbocycles. The van der Waals surface area contributed by atoms with E-state index in [1.54, 1.807) is 17.9 Å². The van der Waals surface area contributed by atoms with Crippen LogP contribution in [0.2, 0.25) is 0 Å². The molecule has 1 aromatic rings. The van der Waals surface area contributed by atoms with Gasteiger partial charge in [0.25, 0.3) is 0 Å². The number of methoxy groups -OCH3 is 1. The Labute approximate surface area is 125 Å². The molecule has 0 fully saturated rings. The van der Waals surface area contributed by atoms with Crippen molar-refractivity contribution in [3.8, 4) is 0 Å². The zero-order valence-electron chi connectivity index (χ0n) is 12.1. The highest BCUT2D eigenvalue weighted by Gasteiger charge is 2.38. The summed E-state index contributed by atoms with van der Waals surface area (Å²) in [5, 5.41) is 2.42. The summed E-state index contributed by atoms with van der Waals surface area (Å²) < 4.78 is 43.9. The number of alkyl carbamates (subject to hydrolysis) is 1. The second-order valence-electron chi connectivity index (χ2n) is 4.67. The summed E-state index contributed by atoms with van der Waals surface area (Å²) in [5.74, 6) is 0.219. The Bertz CT molecular complexity index is 587. The van der Waals surface area contributed by atoms with Crippen molar-refractivity contribution >= 4 is 12.1 Å². The number of carbonyl (C=O) groups excluding carboxylic acids is 1. The van der Waals surface area contributed by atoms with E-state index in [2.05, 4.69) is 15.0 Å². The van der Waals surface area contributed by atoms with Gasteiger partial charge in [-0.25, -0.2) is 4.79 Å². The van der Waals surface area contributed by atoms with Crippen molar-refractivity contribution in [2.24, 2.45) is 4.99 Å².